The highest BCUT2D eigenvalue weighted by molar-refractivity contribution is 7.89. The Balaban J connectivity index is 1.79. The van der Waals surface area contributed by atoms with Crippen LogP contribution in [-0.2, 0) is 14.8 Å². The quantitative estimate of drug-likeness (QED) is 0.661. The number of carbonyl (C=O) groups is 1. The van der Waals surface area contributed by atoms with Crippen LogP contribution in [0.3, 0.4) is 0 Å². The molecule has 9 heteroatoms. The smallest absolute Gasteiger partial charge is 0.265 e. The van der Waals surface area contributed by atoms with Crippen molar-refractivity contribution in [2.45, 2.75) is 43.6 Å². The van der Waals surface area contributed by atoms with Crippen molar-refractivity contribution >= 4 is 21.6 Å². The minimum Gasteiger partial charge on any atom is -0.495 e. The van der Waals surface area contributed by atoms with Gasteiger partial charge in [0, 0.05) is 18.8 Å². The van der Waals surface area contributed by atoms with Crippen molar-refractivity contribution in [3.05, 3.63) is 48.3 Å². The van der Waals surface area contributed by atoms with E-state index in [0.717, 1.165) is 19.3 Å². The van der Waals surface area contributed by atoms with Gasteiger partial charge in [-0.05, 0) is 61.7 Å². The number of anilines is 1. The third-order valence-corrected chi connectivity index (χ3v) is 7.04. The van der Waals surface area contributed by atoms with Crippen LogP contribution in [0.15, 0.2) is 47.4 Å². The van der Waals surface area contributed by atoms with Crippen LogP contribution in [0, 0.1) is 5.82 Å². The zero-order chi connectivity index (χ0) is 22.4. The number of sulfonamides is 1. The summed E-state index contributed by atoms with van der Waals surface area (Å²) in [6.45, 7) is 2.71. The molecule has 1 N–H and O–H groups in total. The molecular formula is C22H27FN2O5S. The first-order valence-corrected chi connectivity index (χ1v) is 11.7. The highest BCUT2D eigenvalue weighted by Crippen LogP contribution is 2.31. The zero-order valence-corrected chi connectivity index (χ0v) is 18.5. The minimum atomic E-state index is -3.75. The van der Waals surface area contributed by atoms with E-state index in [1.54, 1.807) is 13.0 Å². The van der Waals surface area contributed by atoms with E-state index in [9.17, 15) is 17.6 Å². The molecule has 1 atom stereocenters. The molecule has 1 saturated heterocycles. The second kappa shape index (κ2) is 10.1. The molecule has 2 aromatic rings. The van der Waals surface area contributed by atoms with E-state index in [1.165, 1.54) is 47.8 Å². The number of benzene rings is 2. The molecule has 0 aromatic heterocycles. The average Bonchev–Trinajstić information content (AvgIpc) is 2.79. The third kappa shape index (κ3) is 5.54. The summed E-state index contributed by atoms with van der Waals surface area (Å²) in [7, 11) is -2.34. The Kier molecular flexibility index (Phi) is 7.50. The number of methoxy groups -OCH3 is 1. The monoisotopic (exact) mass is 450 g/mol. The highest BCUT2D eigenvalue weighted by atomic mass is 32.2. The molecule has 1 fully saturated rings. The number of hydrogen-bond donors (Lipinski definition) is 1. The van der Waals surface area contributed by atoms with Gasteiger partial charge in [0.25, 0.3) is 5.91 Å². The molecule has 0 spiro atoms. The first kappa shape index (κ1) is 23.0. The van der Waals surface area contributed by atoms with Crippen LogP contribution in [0.2, 0.25) is 0 Å². The van der Waals surface area contributed by atoms with Gasteiger partial charge in [-0.2, -0.15) is 4.31 Å². The number of ether oxygens (including phenoxy) is 2. The number of halogens is 1. The fraction of sp³-hybridized carbons (Fsp3) is 0.409. The molecular weight excluding hydrogens is 423 g/mol. The lowest BCUT2D eigenvalue weighted by Crippen LogP contribution is -2.36. The van der Waals surface area contributed by atoms with Gasteiger partial charge in [0.2, 0.25) is 10.0 Å². The average molecular weight is 451 g/mol. The van der Waals surface area contributed by atoms with E-state index in [0.29, 0.717) is 30.9 Å². The number of hydrogen-bond acceptors (Lipinski definition) is 5. The van der Waals surface area contributed by atoms with Crippen LogP contribution in [0.1, 0.15) is 32.6 Å². The highest BCUT2D eigenvalue weighted by Gasteiger charge is 2.29. The van der Waals surface area contributed by atoms with Gasteiger partial charge in [0.1, 0.15) is 22.2 Å². The van der Waals surface area contributed by atoms with Crippen LogP contribution in [0.4, 0.5) is 10.1 Å². The van der Waals surface area contributed by atoms with Gasteiger partial charge in [-0.1, -0.05) is 13.3 Å². The number of piperidine rings is 1. The number of carbonyl (C=O) groups excluding carboxylic acids is 1. The van der Waals surface area contributed by atoms with Gasteiger partial charge >= 0.3 is 0 Å². The maximum atomic E-state index is 13.1. The predicted octanol–water partition coefficient (Wildman–Crippen LogP) is 3.81. The topological polar surface area (TPSA) is 84.9 Å². The van der Waals surface area contributed by atoms with E-state index < -0.39 is 27.9 Å². The Morgan fingerprint density at radius 3 is 2.42 bits per heavy atom. The summed E-state index contributed by atoms with van der Waals surface area (Å²) in [5.41, 5.74) is 0.322. The van der Waals surface area contributed by atoms with Crippen molar-refractivity contribution in [1.29, 1.82) is 0 Å². The van der Waals surface area contributed by atoms with Gasteiger partial charge in [-0.15, -0.1) is 0 Å². The zero-order valence-electron chi connectivity index (χ0n) is 17.6. The number of nitrogens with zero attached hydrogens (tertiary/aromatic N) is 1. The molecule has 1 aliphatic rings. The molecule has 1 amide bonds. The summed E-state index contributed by atoms with van der Waals surface area (Å²) in [5, 5.41) is 2.71. The summed E-state index contributed by atoms with van der Waals surface area (Å²) >= 11 is 0. The Hall–Kier alpha value is -2.65. The van der Waals surface area contributed by atoms with Crippen LogP contribution in [-0.4, -0.2) is 44.9 Å². The molecule has 0 saturated carbocycles. The Morgan fingerprint density at radius 1 is 1.13 bits per heavy atom. The maximum Gasteiger partial charge on any atom is 0.265 e. The van der Waals surface area contributed by atoms with Crippen molar-refractivity contribution in [3.8, 4) is 11.5 Å². The third-order valence-electron chi connectivity index (χ3n) is 5.12. The molecule has 0 radical (unpaired) electrons. The standard InChI is InChI=1S/C22H27FN2O5S/c1-3-19(30-18-10-7-16(23)8-11-18)22(26)24-17-9-12-20(29-2)21(15-17)31(27,28)25-13-5-4-6-14-25/h7-12,15,19H,3-6,13-14H2,1-2H3,(H,24,26). The van der Waals surface area contributed by atoms with Crippen molar-refractivity contribution < 1.29 is 27.1 Å². The second-order valence-corrected chi connectivity index (χ2v) is 9.19. The molecule has 2 aromatic carbocycles. The minimum absolute atomic E-state index is 0.0159. The van der Waals surface area contributed by atoms with Gasteiger partial charge < -0.3 is 14.8 Å². The number of nitrogens with one attached hydrogen (secondary N) is 1. The first-order chi connectivity index (χ1) is 14.8. The van der Waals surface area contributed by atoms with Gasteiger partial charge in [0.05, 0.1) is 7.11 Å². The first-order valence-electron chi connectivity index (χ1n) is 10.3. The van der Waals surface area contributed by atoms with Gasteiger partial charge in [-0.3, -0.25) is 4.79 Å². The van der Waals surface area contributed by atoms with Gasteiger partial charge in [-0.25, -0.2) is 12.8 Å². The van der Waals surface area contributed by atoms with Gasteiger partial charge in [0.15, 0.2) is 6.10 Å². The van der Waals surface area contributed by atoms with Crippen LogP contribution >= 0.6 is 0 Å². The normalized spacial score (nSPS) is 15.8. The molecule has 3 rings (SSSR count). The van der Waals surface area contributed by atoms with E-state index >= 15 is 0 Å². The summed E-state index contributed by atoms with van der Waals surface area (Å²) in [6.07, 6.45) is 2.19. The Morgan fingerprint density at radius 2 is 1.81 bits per heavy atom. The van der Waals surface area contributed by atoms with Crippen molar-refractivity contribution in [2.75, 3.05) is 25.5 Å². The van der Waals surface area contributed by atoms with Crippen molar-refractivity contribution in [2.24, 2.45) is 0 Å². The number of amides is 1. The fourth-order valence-corrected chi connectivity index (χ4v) is 5.12. The van der Waals surface area contributed by atoms with Crippen LogP contribution in [0.5, 0.6) is 11.5 Å². The molecule has 0 aliphatic carbocycles. The SMILES string of the molecule is CCC(Oc1ccc(F)cc1)C(=O)Nc1ccc(OC)c(S(=O)(=O)N2CCCCC2)c1. The lowest BCUT2D eigenvalue weighted by Gasteiger charge is -2.26. The predicted molar refractivity (Wildman–Crippen MR) is 115 cm³/mol. The Bertz CT molecular complexity index is 1010. The van der Waals surface area contributed by atoms with E-state index in [1.807, 2.05) is 0 Å². The van der Waals surface area contributed by atoms with E-state index in [-0.39, 0.29) is 10.6 Å². The van der Waals surface area contributed by atoms with Crippen molar-refractivity contribution in [3.63, 3.8) is 0 Å². The second-order valence-electron chi connectivity index (χ2n) is 7.29. The fourth-order valence-electron chi connectivity index (χ4n) is 3.42. The molecule has 1 aliphatic heterocycles. The lowest BCUT2D eigenvalue weighted by atomic mass is 10.2. The van der Waals surface area contributed by atoms with Crippen molar-refractivity contribution in [1.82, 2.24) is 4.31 Å². The summed E-state index contributed by atoms with van der Waals surface area (Å²) in [6, 6.07) is 9.91. The molecule has 7 nitrogen and oxygen atoms in total. The molecule has 31 heavy (non-hydrogen) atoms. The van der Waals surface area contributed by atoms with Crippen LogP contribution < -0.4 is 14.8 Å². The molecule has 168 valence electrons. The summed E-state index contributed by atoms with van der Waals surface area (Å²) in [5.74, 6) is -0.242. The molecule has 1 unspecified atom stereocenters. The summed E-state index contributed by atoms with van der Waals surface area (Å²) < 4.78 is 51.7. The van der Waals surface area contributed by atoms with E-state index in [4.69, 9.17) is 9.47 Å². The largest absolute Gasteiger partial charge is 0.495 e. The molecule has 1 heterocycles. The Labute approximate surface area is 182 Å². The molecule has 0 bridgehead atoms. The van der Waals surface area contributed by atoms with Crippen LogP contribution in [0.25, 0.3) is 0 Å². The summed E-state index contributed by atoms with van der Waals surface area (Å²) in [4.78, 5) is 12.7. The number of rotatable bonds is 8. The van der Waals surface area contributed by atoms with E-state index in [2.05, 4.69) is 5.32 Å². The lowest BCUT2D eigenvalue weighted by molar-refractivity contribution is -0.122. The maximum absolute atomic E-state index is 13.1.